The average Bonchev–Trinajstić information content (AvgIpc) is 2.73. The van der Waals surface area contributed by atoms with E-state index in [1.165, 1.54) is 10.6 Å². The maximum absolute atomic E-state index is 4.99. The number of thiazole rings is 1. The van der Waals surface area contributed by atoms with Crippen molar-refractivity contribution in [1.82, 2.24) is 15.2 Å². The molecule has 0 saturated carbocycles. The van der Waals surface area contributed by atoms with Gasteiger partial charge in [-0.2, -0.15) is 0 Å². The summed E-state index contributed by atoms with van der Waals surface area (Å²) in [7, 11) is 6.25. The number of aromatic nitrogens is 1. The Bertz CT molecular complexity index is 434. The second-order valence-corrected chi connectivity index (χ2v) is 8.01. The minimum absolute atomic E-state index is 0.0884. The van der Waals surface area contributed by atoms with E-state index in [0.29, 0.717) is 6.04 Å². The maximum atomic E-state index is 4.99. The number of anilines is 1. The topological polar surface area (TPSA) is 31.4 Å². The normalized spacial score (nSPS) is 13.8. The van der Waals surface area contributed by atoms with Crippen LogP contribution in [0, 0.1) is 0 Å². The lowest BCUT2D eigenvalue weighted by Crippen LogP contribution is -2.40. The van der Waals surface area contributed by atoms with Crippen LogP contribution < -0.4 is 10.2 Å². The fourth-order valence-electron chi connectivity index (χ4n) is 2.59. The van der Waals surface area contributed by atoms with Crippen molar-refractivity contribution in [3.8, 4) is 0 Å². The summed E-state index contributed by atoms with van der Waals surface area (Å²) in [5.74, 6) is 0. The van der Waals surface area contributed by atoms with E-state index < -0.39 is 0 Å². The number of rotatable bonds is 7. The third-order valence-electron chi connectivity index (χ3n) is 3.48. The van der Waals surface area contributed by atoms with Gasteiger partial charge in [0.25, 0.3) is 0 Å². The fourth-order valence-corrected chi connectivity index (χ4v) is 4.04. The van der Waals surface area contributed by atoms with Crippen molar-refractivity contribution < 1.29 is 0 Å². The molecule has 122 valence electrons. The molecule has 4 nitrogen and oxygen atoms in total. The predicted octanol–water partition coefficient (Wildman–Crippen LogP) is 2.94. The molecule has 1 heterocycles. The molecule has 1 rings (SSSR count). The summed E-state index contributed by atoms with van der Waals surface area (Å²) in [6, 6.07) is 0.464. The second kappa shape index (κ2) is 7.56. The third kappa shape index (κ3) is 4.94. The first-order valence-corrected chi connectivity index (χ1v) is 8.58. The van der Waals surface area contributed by atoms with Crippen molar-refractivity contribution in [3.05, 3.63) is 10.6 Å². The molecule has 0 saturated heterocycles. The molecule has 5 heteroatoms. The molecule has 1 aromatic heterocycles. The van der Waals surface area contributed by atoms with E-state index in [-0.39, 0.29) is 5.41 Å². The Balaban J connectivity index is 3.10. The third-order valence-corrected chi connectivity index (χ3v) is 4.57. The van der Waals surface area contributed by atoms with Gasteiger partial charge in [0.2, 0.25) is 0 Å². The summed E-state index contributed by atoms with van der Waals surface area (Å²) >= 11 is 1.83. The van der Waals surface area contributed by atoms with Crippen LogP contribution in [0.15, 0.2) is 0 Å². The average molecular weight is 313 g/mol. The van der Waals surface area contributed by atoms with Gasteiger partial charge < -0.3 is 15.1 Å². The Morgan fingerprint density at radius 1 is 1.29 bits per heavy atom. The summed E-state index contributed by atoms with van der Waals surface area (Å²) in [4.78, 5) is 11.0. The smallest absolute Gasteiger partial charge is 0.186 e. The highest BCUT2D eigenvalue weighted by atomic mass is 32.1. The highest BCUT2D eigenvalue weighted by Gasteiger charge is 2.26. The standard InChI is InChI=1S/C16H32N4S/c1-9-20(12(2)11-19(7)8)15-18-14(16(3,4)5)13(21-15)10-17-6/h12,17H,9-11H2,1-8H3. The Labute approximate surface area is 134 Å². The van der Waals surface area contributed by atoms with Crippen molar-refractivity contribution >= 4 is 16.5 Å². The Kier molecular flexibility index (Phi) is 6.63. The Morgan fingerprint density at radius 3 is 2.33 bits per heavy atom. The Morgan fingerprint density at radius 2 is 1.90 bits per heavy atom. The molecule has 21 heavy (non-hydrogen) atoms. The van der Waals surface area contributed by atoms with Crippen molar-refractivity contribution in [2.75, 3.05) is 39.1 Å². The molecule has 0 aliphatic carbocycles. The Hall–Kier alpha value is -0.650. The van der Waals surface area contributed by atoms with Gasteiger partial charge in [0.1, 0.15) is 0 Å². The first-order chi connectivity index (χ1) is 9.70. The molecule has 1 atom stereocenters. The molecule has 0 bridgehead atoms. The molecule has 1 aromatic rings. The minimum Gasteiger partial charge on any atom is -0.344 e. The van der Waals surface area contributed by atoms with Gasteiger partial charge in [-0.3, -0.25) is 0 Å². The van der Waals surface area contributed by atoms with Crippen molar-refractivity contribution in [1.29, 1.82) is 0 Å². The summed E-state index contributed by atoms with van der Waals surface area (Å²) in [5.41, 5.74) is 1.32. The summed E-state index contributed by atoms with van der Waals surface area (Å²) in [6.07, 6.45) is 0. The van der Waals surface area contributed by atoms with E-state index in [0.717, 1.165) is 24.8 Å². The van der Waals surface area contributed by atoms with Gasteiger partial charge in [-0.25, -0.2) is 4.98 Å². The summed E-state index contributed by atoms with van der Waals surface area (Å²) in [6.45, 7) is 14.1. The van der Waals surface area contributed by atoms with Crippen molar-refractivity contribution in [2.24, 2.45) is 0 Å². The van der Waals surface area contributed by atoms with Gasteiger partial charge in [0.15, 0.2) is 5.13 Å². The zero-order valence-corrected chi connectivity index (χ0v) is 15.8. The van der Waals surface area contributed by atoms with E-state index in [4.69, 9.17) is 4.98 Å². The van der Waals surface area contributed by atoms with Crippen LogP contribution in [0.25, 0.3) is 0 Å². The molecule has 0 aliphatic rings. The molecule has 0 aromatic carbocycles. The molecule has 1 N–H and O–H groups in total. The van der Waals surface area contributed by atoms with Gasteiger partial charge in [-0.05, 0) is 35.0 Å². The van der Waals surface area contributed by atoms with Crippen LogP contribution >= 0.6 is 11.3 Å². The molecule has 0 fully saturated rings. The zero-order chi connectivity index (χ0) is 16.2. The van der Waals surface area contributed by atoms with E-state index in [2.05, 4.69) is 63.8 Å². The molecular weight excluding hydrogens is 280 g/mol. The van der Waals surface area contributed by atoms with Crippen LogP contribution in [0.3, 0.4) is 0 Å². The van der Waals surface area contributed by atoms with Crippen molar-refractivity contribution in [2.45, 2.75) is 52.6 Å². The quantitative estimate of drug-likeness (QED) is 0.839. The van der Waals surface area contributed by atoms with Crippen LogP contribution in [0.4, 0.5) is 5.13 Å². The minimum atomic E-state index is 0.0884. The van der Waals surface area contributed by atoms with Crippen molar-refractivity contribution in [3.63, 3.8) is 0 Å². The van der Waals surface area contributed by atoms with Gasteiger partial charge in [0, 0.05) is 36.0 Å². The number of nitrogens with zero attached hydrogens (tertiary/aromatic N) is 3. The zero-order valence-electron chi connectivity index (χ0n) is 14.9. The number of nitrogens with one attached hydrogen (secondary N) is 1. The highest BCUT2D eigenvalue weighted by Crippen LogP contribution is 2.34. The van der Waals surface area contributed by atoms with Gasteiger partial charge in [-0.1, -0.05) is 20.8 Å². The molecule has 0 radical (unpaired) electrons. The largest absolute Gasteiger partial charge is 0.344 e. The van der Waals surface area contributed by atoms with Crippen LogP contribution in [-0.2, 0) is 12.0 Å². The molecular formula is C16H32N4S. The number of hydrogen-bond donors (Lipinski definition) is 1. The molecule has 0 amide bonds. The summed E-state index contributed by atoms with van der Waals surface area (Å²) in [5, 5.41) is 4.43. The molecule has 0 spiro atoms. The van der Waals surface area contributed by atoms with Gasteiger partial charge in [0.05, 0.1) is 5.69 Å². The summed E-state index contributed by atoms with van der Waals surface area (Å²) < 4.78 is 0. The first-order valence-electron chi connectivity index (χ1n) is 7.76. The second-order valence-electron chi connectivity index (χ2n) is 6.95. The van der Waals surface area contributed by atoms with E-state index >= 15 is 0 Å². The number of likely N-dealkylation sites (N-methyl/N-ethyl adjacent to an activating group) is 2. The van der Waals surface area contributed by atoms with Gasteiger partial charge >= 0.3 is 0 Å². The van der Waals surface area contributed by atoms with Crippen LogP contribution in [-0.4, -0.2) is 50.2 Å². The van der Waals surface area contributed by atoms with E-state index in [1.54, 1.807) is 0 Å². The van der Waals surface area contributed by atoms with E-state index in [1.807, 2.05) is 18.4 Å². The lowest BCUT2D eigenvalue weighted by molar-refractivity contribution is 0.372. The lowest BCUT2D eigenvalue weighted by atomic mass is 9.91. The monoisotopic (exact) mass is 312 g/mol. The lowest BCUT2D eigenvalue weighted by Gasteiger charge is -2.29. The highest BCUT2D eigenvalue weighted by molar-refractivity contribution is 7.15. The SMILES string of the molecule is CCN(c1nc(C(C)(C)C)c(CNC)s1)C(C)CN(C)C. The van der Waals surface area contributed by atoms with E-state index in [9.17, 15) is 0 Å². The van der Waals surface area contributed by atoms with Gasteiger partial charge in [-0.15, -0.1) is 11.3 Å². The maximum Gasteiger partial charge on any atom is 0.186 e. The van der Waals surface area contributed by atoms with Crippen LogP contribution in [0.1, 0.15) is 45.2 Å². The number of hydrogen-bond acceptors (Lipinski definition) is 5. The fraction of sp³-hybridized carbons (Fsp3) is 0.812. The molecule has 0 aliphatic heterocycles. The predicted molar refractivity (Wildman–Crippen MR) is 94.6 cm³/mol. The van der Waals surface area contributed by atoms with Crippen LogP contribution in [0.2, 0.25) is 0 Å². The first kappa shape index (κ1) is 18.4. The molecule has 1 unspecified atom stereocenters. The van der Waals surface area contributed by atoms with Crippen LogP contribution in [0.5, 0.6) is 0 Å².